The summed E-state index contributed by atoms with van der Waals surface area (Å²) in [5.41, 5.74) is 2.41. The summed E-state index contributed by atoms with van der Waals surface area (Å²) in [7, 11) is -1.36. The van der Waals surface area contributed by atoms with Crippen LogP contribution in [0.25, 0.3) is 0 Å². The number of aliphatic imine (C=N–C) groups is 1. The van der Waals surface area contributed by atoms with Gasteiger partial charge in [-0.2, -0.15) is 0 Å². The number of nitrogens with one attached hydrogen (secondary N) is 1. The maximum Gasteiger partial charge on any atom is 0.194 e. The fraction of sp³-hybridized carbons (Fsp3) is 0.435. The van der Waals surface area contributed by atoms with Crippen LogP contribution in [0.5, 0.6) is 0 Å². The van der Waals surface area contributed by atoms with Crippen molar-refractivity contribution in [1.82, 2.24) is 15.1 Å². The minimum atomic E-state index is -3.16. The van der Waals surface area contributed by atoms with Crippen molar-refractivity contribution < 1.29 is 8.42 Å². The average Bonchev–Trinajstić information content (AvgIpc) is 2.76. The summed E-state index contributed by atoms with van der Waals surface area (Å²) in [4.78, 5) is 9.64. The molecule has 2 aromatic rings. The van der Waals surface area contributed by atoms with Crippen LogP contribution in [-0.4, -0.2) is 63.7 Å². The van der Waals surface area contributed by atoms with E-state index in [1.165, 1.54) is 11.8 Å². The van der Waals surface area contributed by atoms with Gasteiger partial charge in [0.1, 0.15) is 0 Å². The SMILES string of the molecule is CCC(c1ccccc1)N1CCN(C(=NC)NCc2ccc(S(C)(=O)=O)cc2)CC1.I. The van der Waals surface area contributed by atoms with E-state index in [9.17, 15) is 8.42 Å². The van der Waals surface area contributed by atoms with Gasteiger partial charge in [-0.15, -0.1) is 24.0 Å². The Hall–Kier alpha value is -1.65. The molecule has 0 spiro atoms. The number of halogens is 1. The third-order valence-corrected chi connectivity index (χ3v) is 6.77. The quantitative estimate of drug-likeness (QED) is 0.335. The normalized spacial score (nSPS) is 16.5. The Morgan fingerprint density at radius 1 is 1.03 bits per heavy atom. The van der Waals surface area contributed by atoms with Crippen molar-refractivity contribution in [2.75, 3.05) is 39.5 Å². The van der Waals surface area contributed by atoms with E-state index in [-0.39, 0.29) is 24.0 Å². The number of rotatable bonds is 6. The lowest BCUT2D eigenvalue weighted by molar-refractivity contribution is 0.127. The number of benzene rings is 2. The predicted molar refractivity (Wildman–Crippen MR) is 138 cm³/mol. The average molecular weight is 557 g/mol. The molecule has 2 aromatic carbocycles. The monoisotopic (exact) mass is 556 g/mol. The van der Waals surface area contributed by atoms with Gasteiger partial charge in [-0.1, -0.05) is 49.4 Å². The molecule has 1 unspecified atom stereocenters. The van der Waals surface area contributed by atoms with Crippen LogP contribution >= 0.6 is 24.0 Å². The van der Waals surface area contributed by atoms with E-state index in [0.29, 0.717) is 17.5 Å². The van der Waals surface area contributed by atoms with Gasteiger partial charge >= 0.3 is 0 Å². The third-order valence-electron chi connectivity index (χ3n) is 5.64. The molecule has 31 heavy (non-hydrogen) atoms. The number of nitrogens with zero attached hydrogens (tertiary/aromatic N) is 3. The van der Waals surface area contributed by atoms with Gasteiger partial charge in [-0.25, -0.2) is 8.42 Å². The Kier molecular flexibility index (Phi) is 9.77. The van der Waals surface area contributed by atoms with E-state index in [4.69, 9.17) is 0 Å². The molecule has 170 valence electrons. The molecule has 3 rings (SSSR count). The zero-order valence-corrected chi connectivity index (χ0v) is 21.6. The first-order valence-electron chi connectivity index (χ1n) is 10.5. The lowest BCUT2D eigenvalue weighted by Gasteiger charge is -2.40. The second-order valence-corrected chi connectivity index (χ2v) is 9.69. The zero-order valence-electron chi connectivity index (χ0n) is 18.5. The lowest BCUT2D eigenvalue weighted by Crippen LogP contribution is -2.52. The topological polar surface area (TPSA) is 65.0 Å². The van der Waals surface area contributed by atoms with Crippen LogP contribution in [0.3, 0.4) is 0 Å². The Labute approximate surface area is 203 Å². The summed E-state index contributed by atoms with van der Waals surface area (Å²) in [6.07, 6.45) is 2.32. The van der Waals surface area contributed by atoms with Crippen molar-refractivity contribution in [2.45, 2.75) is 30.8 Å². The molecule has 0 aromatic heterocycles. The number of piperazine rings is 1. The highest BCUT2D eigenvalue weighted by molar-refractivity contribution is 14.0. The van der Waals surface area contributed by atoms with Crippen LogP contribution in [0, 0.1) is 0 Å². The minimum Gasteiger partial charge on any atom is -0.352 e. The standard InChI is InChI=1S/C23H32N4O2S.HI/c1-4-22(20-8-6-5-7-9-20)26-14-16-27(17-15-26)23(24-2)25-18-19-10-12-21(13-11-19)30(3,28)29;/h5-13,22H,4,14-18H2,1-3H3,(H,24,25);1H. The second-order valence-electron chi connectivity index (χ2n) is 7.67. The van der Waals surface area contributed by atoms with E-state index in [0.717, 1.165) is 44.1 Å². The molecule has 1 N–H and O–H groups in total. The first-order valence-corrected chi connectivity index (χ1v) is 12.3. The van der Waals surface area contributed by atoms with Gasteiger partial charge in [0.25, 0.3) is 0 Å². The van der Waals surface area contributed by atoms with E-state index in [2.05, 4.69) is 57.4 Å². The lowest BCUT2D eigenvalue weighted by atomic mass is 10.0. The molecule has 0 aliphatic carbocycles. The number of guanidine groups is 1. The first-order chi connectivity index (χ1) is 14.4. The summed E-state index contributed by atoms with van der Waals surface area (Å²) in [6, 6.07) is 18.2. The van der Waals surface area contributed by atoms with Crippen LogP contribution < -0.4 is 5.32 Å². The van der Waals surface area contributed by atoms with Gasteiger partial charge in [0, 0.05) is 52.1 Å². The number of sulfone groups is 1. The molecule has 1 saturated heterocycles. The minimum absolute atomic E-state index is 0. The van der Waals surface area contributed by atoms with Crippen LogP contribution in [0.1, 0.15) is 30.5 Å². The molecule has 1 aliphatic rings. The fourth-order valence-electron chi connectivity index (χ4n) is 3.99. The molecule has 0 amide bonds. The maximum atomic E-state index is 11.6. The molecule has 1 atom stereocenters. The van der Waals surface area contributed by atoms with Crippen LogP contribution in [0.2, 0.25) is 0 Å². The van der Waals surface area contributed by atoms with Gasteiger partial charge in [0.15, 0.2) is 15.8 Å². The summed E-state index contributed by atoms with van der Waals surface area (Å²) in [5.74, 6) is 0.884. The van der Waals surface area contributed by atoms with Crippen molar-refractivity contribution in [3.8, 4) is 0 Å². The van der Waals surface area contributed by atoms with E-state index >= 15 is 0 Å². The highest BCUT2D eigenvalue weighted by Crippen LogP contribution is 2.25. The Balaban J connectivity index is 0.00000341. The van der Waals surface area contributed by atoms with Crippen molar-refractivity contribution in [1.29, 1.82) is 0 Å². The third kappa shape index (κ3) is 6.92. The molecule has 1 heterocycles. The predicted octanol–water partition coefficient (Wildman–Crippen LogP) is 3.55. The number of hydrogen-bond acceptors (Lipinski definition) is 4. The van der Waals surface area contributed by atoms with E-state index in [1.807, 2.05) is 12.1 Å². The van der Waals surface area contributed by atoms with Gasteiger partial charge in [0.05, 0.1) is 4.90 Å². The van der Waals surface area contributed by atoms with Gasteiger partial charge < -0.3 is 10.2 Å². The molecule has 8 heteroatoms. The largest absolute Gasteiger partial charge is 0.352 e. The van der Waals surface area contributed by atoms with Gasteiger partial charge in [0.2, 0.25) is 0 Å². The van der Waals surface area contributed by atoms with Crippen LogP contribution in [0.4, 0.5) is 0 Å². The Morgan fingerprint density at radius 2 is 1.65 bits per heavy atom. The van der Waals surface area contributed by atoms with Gasteiger partial charge in [-0.05, 0) is 29.7 Å². The smallest absolute Gasteiger partial charge is 0.194 e. The van der Waals surface area contributed by atoms with Crippen molar-refractivity contribution in [2.24, 2.45) is 4.99 Å². The molecule has 0 bridgehead atoms. The molecule has 0 saturated carbocycles. The molecule has 6 nitrogen and oxygen atoms in total. The summed E-state index contributed by atoms with van der Waals surface area (Å²) < 4.78 is 23.2. The first kappa shape index (κ1) is 25.6. The Morgan fingerprint density at radius 3 is 2.16 bits per heavy atom. The van der Waals surface area contributed by atoms with Crippen LogP contribution in [-0.2, 0) is 16.4 Å². The second kappa shape index (κ2) is 11.8. The van der Waals surface area contributed by atoms with Crippen LogP contribution in [0.15, 0.2) is 64.5 Å². The molecular weight excluding hydrogens is 523 g/mol. The fourth-order valence-corrected chi connectivity index (χ4v) is 4.62. The molecular formula is C23H33IN4O2S. The van der Waals surface area contributed by atoms with E-state index < -0.39 is 9.84 Å². The highest BCUT2D eigenvalue weighted by Gasteiger charge is 2.25. The summed E-state index contributed by atoms with van der Waals surface area (Å²) in [6.45, 7) is 6.71. The molecule has 0 radical (unpaired) electrons. The maximum absolute atomic E-state index is 11.6. The number of hydrogen-bond donors (Lipinski definition) is 1. The molecule has 1 aliphatic heterocycles. The zero-order chi connectivity index (χ0) is 21.6. The van der Waals surface area contributed by atoms with Crippen molar-refractivity contribution in [3.05, 3.63) is 65.7 Å². The van der Waals surface area contributed by atoms with E-state index in [1.54, 1.807) is 19.2 Å². The molecule has 1 fully saturated rings. The summed E-state index contributed by atoms with van der Waals surface area (Å²) in [5, 5.41) is 3.41. The Bertz CT molecular complexity index is 941. The highest BCUT2D eigenvalue weighted by atomic mass is 127. The van der Waals surface area contributed by atoms with Gasteiger partial charge in [-0.3, -0.25) is 9.89 Å². The summed E-state index contributed by atoms with van der Waals surface area (Å²) >= 11 is 0. The van der Waals surface area contributed by atoms with Crippen molar-refractivity contribution >= 4 is 39.8 Å². The van der Waals surface area contributed by atoms with Crippen molar-refractivity contribution in [3.63, 3.8) is 0 Å².